The Kier molecular flexibility index (Phi) is 5.28. The molecule has 0 aliphatic heterocycles. The first-order chi connectivity index (χ1) is 15.7. The minimum absolute atomic E-state index is 0.0497. The highest BCUT2D eigenvalue weighted by Gasteiger charge is 2.62. The second-order valence-corrected chi connectivity index (χ2v) is 12.2. The van der Waals surface area contributed by atoms with Crippen molar-refractivity contribution in [3.05, 3.63) is 12.2 Å². The maximum Gasteiger partial charge on any atom is 0.137 e. The predicted octanol–water partition coefficient (Wildman–Crippen LogP) is 5.64. The topological polar surface area (TPSA) is 57.5 Å². The van der Waals surface area contributed by atoms with E-state index in [0.29, 0.717) is 30.0 Å². The second-order valence-electron chi connectivity index (χ2n) is 12.2. The lowest BCUT2D eigenvalue weighted by Gasteiger charge is -2.59. The van der Waals surface area contributed by atoms with E-state index in [9.17, 15) is 15.0 Å². The summed E-state index contributed by atoms with van der Waals surface area (Å²) in [5.41, 5.74) is 0.129. The Hall–Kier alpha value is -0.670. The van der Waals surface area contributed by atoms with Crippen LogP contribution in [0.1, 0.15) is 90.5 Å². The molecule has 4 rings (SSSR count). The largest absolute Gasteiger partial charge is 0.390 e. The number of ketones is 1. The fourth-order valence-electron chi connectivity index (χ4n) is 8.72. The smallest absolute Gasteiger partial charge is 0.137 e. The van der Waals surface area contributed by atoms with Gasteiger partial charge >= 0.3 is 0 Å². The van der Waals surface area contributed by atoms with Crippen molar-refractivity contribution in [3.8, 4) is 0 Å². The Morgan fingerprint density at radius 2 is 1.74 bits per heavy atom. The number of hydrogen-bond donors (Lipinski definition) is 2. The van der Waals surface area contributed by atoms with Crippen LogP contribution in [-0.4, -0.2) is 28.2 Å². The van der Waals surface area contributed by atoms with Crippen molar-refractivity contribution < 1.29 is 19.1 Å². The van der Waals surface area contributed by atoms with E-state index >= 15 is 0 Å². The third-order valence-corrected chi connectivity index (χ3v) is 10.9. The van der Waals surface area contributed by atoms with E-state index in [0.717, 1.165) is 38.5 Å². The van der Waals surface area contributed by atoms with Crippen LogP contribution < -0.4 is 0 Å². The zero-order chi connectivity index (χ0) is 25.2. The first kappa shape index (κ1) is 19.8. The zero-order valence-corrected chi connectivity index (χ0v) is 20.2. The van der Waals surface area contributed by atoms with E-state index in [4.69, 9.17) is 4.11 Å². The Morgan fingerprint density at radius 3 is 2.45 bits per heavy atom. The van der Waals surface area contributed by atoms with Crippen molar-refractivity contribution in [2.24, 2.45) is 58.2 Å². The van der Waals surface area contributed by atoms with Gasteiger partial charge < -0.3 is 10.2 Å². The highest BCUT2D eigenvalue weighted by Crippen LogP contribution is 2.67. The molecule has 0 aromatic rings. The number of Topliss-reactive ketones (excluding diaryl/α,β-unsaturated/α-hetero) is 1. The van der Waals surface area contributed by atoms with Gasteiger partial charge in [-0.2, -0.15) is 0 Å². The molecule has 1 unspecified atom stereocenters. The summed E-state index contributed by atoms with van der Waals surface area (Å²) in [7, 11) is 0. The molecule has 4 aliphatic carbocycles. The fourth-order valence-corrected chi connectivity index (χ4v) is 8.72. The van der Waals surface area contributed by atoms with Crippen molar-refractivity contribution >= 4 is 5.78 Å². The van der Waals surface area contributed by atoms with Crippen molar-refractivity contribution in [1.29, 1.82) is 0 Å². The van der Waals surface area contributed by atoms with Crippen LogP contribution in [0.2, 0.25) is 0 Å². The van der Waals surface area contributed by atoms with Gasteiger partial charge in [0.2, 0.25) is 0 Å². The van der Waals surface area contributed by atoms with E-state index in [1.54, 1.807) is 13.8 Å². The van der Waals surface area contributed by atoms with Gasteiger partial charge in [0.25, 0.3) is 0 Å². The van der Waals surface area contributed by atoms with E-state index in [2.05, 4.69) is 26.0 Å². The number of carbonyl (C=O) groups excluding carboxylic acids is 1. The van der Waals surface area contributed by atoms with Crippen molar-refractivity contribution in [3.63, 3.8) is 0 Å². The van der Waals surface area contributed by atoms with E-state index < -0.39 is 30.9 Å². The molecule has 3 fully saturated rings. The molecule has 3 heteroatoms. The number of aliphatic hydroxyl groups is 2. The maximum atomic E-state index is 13.3. The highest BCUT2D eigenvalue weighted by atomic mass is 16.3. The van der Waals surface area contributed by atoms with Gasteiger partial charge in [0.1, 0.15) is 5.78 Å². The van der Waals surface area contributed by atoms with Crippen LogP contribution >= 0.6 is 0 Å². The molecular formula is C28H46O3. The highest BCUT2D eigenvalue weighted by molar-refractivity contribution is 5.83. The standard InChI is InChI=1S/C28H46O3/c1-16(2)17(3)25(30)26(31)18(4)20-10-11-21-19-15-24(29)23-9-7-8-13-27(23,5)22(19)12-14-28(20,21)6/h7-8,16-23,25-26,30-31H,9-15H2,1-6H3/t17-,18+,19+,20-,21+,22+,23-,25-,26-,27-,28-/m1/s1/i1D3/t16?,17-,18+,19+,20-,21+,22+,23-,25-,26-,27-,28-. The number of fused-ring (bicyclic) bond motifs is 5. The summed E-state index contributed by atoms with van der Waals surface area (Å²) < 4.78 is 23.2. The van der Waals surface area contributed by atoms with Crippen LogP contribution in [0.25, 0.3) is 0 Å². The summed E-state index contributed by atoms with van der Waals surface area (Å²) in [6.07, 6.45) is 9.44. The van der Waals surface area contributed by atoms with E-state index in [1.165, 1.54) is 0 Å². The molecule has 0 aromatic carbocycles. The van der Waals surface area contributed by atoms with Crippen molar-refractivity contribution in [1.82, 2.24) is 0 Å². The third-order valence-electron chi connectivity index (χ3n) is 10.9. The SMILES string of the molecule is [2H]C([2H])([2H])C(C)[C@@H](C)[C@@H](O)[C@H](O)[C@@H](C)[C@H]1CC[C@H]2[C@@H]3CC(=O)[C@H]4CC=CC[C@]4(C)[C@H]3CC[C@]12C. The molecule has 176 valence electrons. The van der Waals surface area contributed by atoms with Gasteiger partial charge in [-0.3, -0.25) is 4.79 Å². The van der Waals surface area contributed by atoms with Crippen LogP contribution in [0.15, 0.2) is 12.2 Å². The molecule has 0 spiro atoms. The van der Waals surface area contributed by atoms with Gasteiger partial charge in [-0.05, 0) is 90.8 Å². The first-order valence-electron chi connectivity index (χ1n) is 14.3. The number of carbonyl (C=O) groups is 1. The van der Waals surface area contributed by atoms with Gasteiger partial charge in [0.15, 0.2) is 0 Å². The molecule has 31 heavy (non-hydrogen) atoms. The molecule has 3 saturated carbocycles. The lowest BCUT2D eigenvalue weighted by atomic mass is 9.45. The summed E-state index contributed by atoms with van der Waals surface area (Å²) in [6, 6.07) is 0. The summed E-state index contributed by atoms with van der Waals surface area (Å²) in [5, 5.41) is 22.2. The normalized spacial score (nSPS) is 48.8. The monoisotopic (exact) mass is 433 g/mol. The molecule has 4 aliphatic rings. The number of hydrogen-bond acceptors (Lipinski definition) is 3. The minimum Gasteiger partial charge on any atom is -0.390 e. The number of rotatable bonds is 5. The molecule has 2 N–H and O–H groups in total. The van der Waals surface area contributed by atoms with Gasteiger partial charge in [0.05, 0.1) is 12.2 Å². The summed E-state index contributed by atoms with van der Waals surface area (Å²) in [5.74, 6) is 1.08. The van der Waals surface area contributed by atoms with Crippen LogP contribution in [0.3, 0.4) is 0 Å². The van der Waals surface area contributed by atoms with Gasteiger partial charge in [0, 0.05) is 16.5 Å². The Morgan fingerprint density at radius 1 is 1.03 bits per heavy atom. The van der Waals surface area contributed by atoms with Crippen molar-refractivity contribution in [2.75, 3.05) is 0 Å². The van der Waals surface area contributed by atoms with Crippen LogP contribution in [0.4, 0.5) is 0 Å². The van der Waals surface area contributed by atoms with E-state index in [-0.39, 0.29) is 28.6 Å². The molecule has 3 nitrogen and oxygen atoms in total. The van der Waals surface area contributed by atoms with Gasteiger partial charge in [-0.15, -0.1) is 0 Å². The quantitative estimate of drug-likeness (QED) is 0.552. The average molecular weight is 434 g/mol. The van der Waals surface area contributed by atoms with Gasteiger partial charge in [-0.25, -0.2) is 0 Å². The Bertz CT molecular complexity index is 809. The number of allylic oxidation sites excluding steroid dienone is 2. The minimum atomic E-state index is -2.15. The summed E-state index contributed by atoms with van der Waals surface area (Å²) >= 11 is 0. The third kappa shape index (κ3) is 3.57. The first-order valence-corrected chi connectivity index (χ1v) is 12.8. The average Bonchev–Trinajstić information content (AvgIpc) is 3.13. The molecular weight excluding hydrogens is 384 g/mol. The van der Waals surface area contributed by atoms with Crippen molar-refractivity contribution in [2.45, 2.75) is 98.6 Å². The molecule has 0 radical (unpaired) electrons. The Labute approximate surface area is 194 Å². The lowest BCUT2D eigenvalue weighted by Crippen LogP contribution is -2.56. The number of aliphatic hydroxyl groups excluding tert-OH is 2. The lowest BCUT2D eigenvalue weighted by molar-refractivity contribution is -0.151. The fraction of sp³-hybridized carbons (Fsp3) is 0.893. The van der Waals surface area contributed by atoms with Crippen LogP contribution in [-0.2, 0) is 4.79 Å². The summed E-state index contributed by atoms with van der Waals surface area (Å²) in [4.78, 5) is 13.3. The molecule has 0 amide bonds. The summed E-state index contributed by atoms with van der Waals surface area (Å²) in [6.45, 7) is 8.00. The van der Waals surface area contributed by atoms with Crippen LogP contribution in [0.5, 0.6) is 0 Å². The maximum absolute atomic E-state index is 13.3. The van der Waals surface area contributed by atoms with Crippen LogP contribution in [0, 0.1) is 58.2 Å². The molecule has 0 bridgehead atoms. The predicted molar refractivity (Wildman–Crippen MR) is 125 cm³/mol. The van der Waals surface area contributed by atoms with Gasteiger partial charge in [-0.1, -0.05) is 53.6 Å². The molecule has 12 atom stereocenters. The second kappa shape index (κ2) is 8.28. The zero-order valence-electron chi connectivity index (χ0n) is 23.2. The van der Waals surface area contributed by atoms with E-state index in [1.807, 2.05) is 6.92 Å². The molecule has 0 heterocycles. The molecule has 0 aromatic heterocycles. The molecule has 0 saturated heterocycles. The Balaban J connectivity index is 1.52.